The van der Waals surface area contributed by atoms with Crippen molar-refractivity contribution in [3.8, 4) is 0 Å². The van der Waals surface area contributed by atoms with E-state index in [1.807, 2.05) is 20.8 Å². The van der Waals surface area contributed by atoms with E-state index in [2.05, 4.69) is 9.72 Å². The van der Waals surface area contributed by atoms with E-state index in [4.69, 9.17) is 11.6 Å². The number of rotatable bonds is 2. The molecule has 4 nitrogen and oxygen atoms in total. The van der Waals surface area contributed by atoms with Crippen LogP contribution < -0.4 is 0 Å². The van der Waals surface area contributed by atoms with Gasteiger partial charge in [-0.15, -0.1) is 0 Å². The van der Waals surface area contributed by atoms with Gasteiger partial charge in [-0.1, -0.05) is 32.4 Å². The molecule has 0 fully saturated rings. The molecule has 0 spiro atoms. The summed E-state index contributed by atoms with van der Waals surface area (Å²) in [6.45, 7) is 5.90. The predicted octanol–water partition coefficient (Wildman–Crippen LogP) is 3.47. The number of halogens is 1. The van der Waals surface area contributed by atoms with Crippen LogP contribution in [0.3, 0.4) is 0 Å². The molecule has 106 valence electrons. The van der Waals surface area contributed by atoms with Crippen molar-refractivity contribution in [2.45, 2.75) is 26.2 Å². The van der Waals surface area contributed by atoms with Gasteiger partial charge in [0.25, 0.3) is 5.78 Å². The highest BCUT2D eigenvalue weighted by Crippen LogP contribution is 2.33. The van der Waals surface area contributed by atoms with E-state index in [9.17, 15) is 9.59 Å². The first-order chi connectivity index (χ1) is 9.25. The largest absolute Gasteiger partial charge is 0.463 e. The van der Waals surface area contributed by atoms with Crippen LogP contribution in [0.1, 0.15) is 36.8 Å². The number of hydrogen-bond donors (Lipinski definition) is 1. The zero-order chi connectivity index (χ0) is 15.1. The van der Waals surface area contributed by atoms with E-state index < -0.39 is 11.8 Å². The molecule has 0 aliphatic heterocycles. The third kappa shape index (κ3) is 2.43. The Morgan fingerprint density at radius 3 is 2.45 bits per heavy atom. The summed E-state index contributed by atoms with van der Waals surface area (Å²) < 4.78 is 4.55. The maximum Gasteiger partial charge on any atom is 0.379 e. The number of carbonyl (C=O) groups excluding carboxylic acids is 2. The van der Waals surface area contributed by atoms with Gasteiger partial charge in [0.05, 0.1) is 12.7 Å². The van der Waals surface area contributed by atoms with E-state index in [0.29, 0.717) is 21.7 Å². The van der Waals surface area contributed by atoms with Gasteiger partial charge in [-0.25, -0.2) is 4.79 Å². The molecule has 0 atom stereocenters. The number of aromatic nitrogens is 1. The van der Waals surface area contributed by atoms with Crippen LogP contribution in [-0.2, 0) is 14.9 Å². The van der Waals surface area contributed by atoms with Crippen molar-refractivity contribution >= 4 is 34.3 Å². The first-order valence-corrected chi connectivity index (χ1v) is 6.58. The molecule has 0 radical (unpaired) electrons. The predicted molar refractivity (Wildman–Crippen MR) is 78.4 cm³/mol. The Hall–Kier alpha value is -1.81. The summed E-state index contributed by atoms with van der Waals surface area (Å²) in [5, 5.41) is 1.15. The van der Waals surface area contributed by atoms with Gasteiger partial charge < -0.3 is 9.72 Å². The normalized spacial score (nSPS) is 11.7. The van der Waals surface area contributed by atoms with Crippen LogP contribution in [0.25, 0.3) is 10.9 Å². The fraction of sp³-hybridized carbons (Fsp3) is 0.333. The first-order valence-electron chi connectivity index (χ1n) is 6.20. The molecule has 0 aliphatic carbocycles. The van der Waals surface area contributed by atoms with E-state index in [1.165, 1.54) is 7.11 Å². The highest BCUT2D eigenvalue weighted by atomic mass is 35.5. The third-order valence-corrected chi connectivity index (χ3v) is 3.34. The fourth-order valence-corrected chi connectivity index (χ4v) is 2.33. The molecular weight excluding hydrogens is 278 g/mol. The monoisotopic (exact) mass is 293 g/mol. The Balaban J connectivity index is 2.79. The number of fused-ring (bicyclic) bond motifs is 1. The number of H-pyrrole nitrogens is 1. The number of ether oxygens (including phenoxy) is 1. The van der Waals surface area contributed by atoms with Crippen LogP contribution in [0.4, 0.5) is 0 Å². The van der Waals surface area contributed by atoms with Crippen LogP contribution in [0.15, 0.2) is 18.2 Å². The molecule has 1 aromatic carbocycles. The minimum atomic E-state index is -0.878. The highest BCUT2D eigenvalue weighted by molar-refractivity contribution is 6.43. The SMILES string of the molecule is COC(=O)C(=O)c1c(C(C)(C)C)[nH]c2ccc(Cl)cc12. The molecule has 0 bridgehead atoms. The van der Waals surface area contributed by atoms with Gasteiger partial charge in [-0.2, -0.15) is 0 Å². The Labute approximate surface area is 122 Å². The number of esters is 1. The van der Waals surface area contributed by atoms with Crippen LogP contribution in [0.5, 0.6) is 0 Å². The smallest absolute Gasteiger partial charge is 0.379 e. The minimum Gasteiger partial charge on any atom is -0.463 e. The number of aromatic amines is 1. The first kappa shape index (κ1) is 14.6. The zero-order valence-electron chi connectivity index (χ0n) is 11.8. The maximum absolute atomic E-state index is 12.3. The van der Waals surface area contributed by atoms with Crippen molar-refractivity contribution < 1.29 is 14.3 Å². The molecule has 2 aromatic rings. The van der Waals surface area contributed by atoms with E-state index in [-0.39, 0.29) is 5.41 Å². The van der Waals surface area contributed by atoms with Crippen LogP contribution in [0.2, 0.25) is 5.02 Å². The van der Waals surface area contributed by atoms with Gasteiger partial charge in [0.1, 0.15) is 0 Å². The zero-order valence-corrected chi connectivity index (χ0v) is 12.6. The lowest BCUT2D eigenvalue weighted by atomic mass is 9.87. The number of ketones is 1. The summed E-state index contributed by atoms with van der Waals surface area (Å²) in [4.78, 5) is 27.1. The van der Waals surface area contributed by atoms with Gasteiger partial charge >= 0.3 is 5.97 Å². The molecule has 1 aromatic heterocycles. The lowest BCUT2D eigenvalue weighted by Crippen LogP contribution is -2.22. The molecular formula is C15H16ClNO3. The van der Waals surface area contributed by atoms with Gasteiger partial charge in [0, 0.05) is 27.0 Å². The topological polar surface area (TPSA) is 59.2 Å². The molecule has 0 unspecified atom stereocenters. The number of carbonyl (C=O) groups is 2. The third-order valence-electron chi connectivity index (χ3n) is 3.11. The number of Topliss-reactive ketones (excluding diaryl/α,β-unsaturated/α-hetero) is 1. The van der Waals surface area contributed by atoms with Gasteiger partial charge in [-0.05, 0) is 18.2 Å². The fourth-order valence-electron chi connectivity index (χ4n) is 2.16. The van der Waals surface area contributed by atoms with Crippen molar-refractivity contribution in [1.29, 1.82) is 0 Å². The molecule has 2 rings (SSSR count). The summed E-state index contributed by atoms with van der Waals surface area (Å²) in [6.07, 6.45) is 0. The molecule has 1 N–H and O–H groups in total. The second kappa shape index (κ2) is 4.94. The van der Waals surface area contributed by atoms with Crippen LogP contribution in [0, 0.1) is 0 Å². The molecule has 20 heavy (non-hydrogen) atoms. The maximum atomic E-state index is 12.3. The van der Waals surface area contributed by atoms with Gasteiger partial charge in [0.15, 0.2) is 0 Å². The quantitative estimate of drug-likeness (QED) is 0.524. The molecule has 0 amide bonds. The number of methoxy groups -OCH3 is 1. The molecule has 0 aliphatic rings. The minimum absolute atomic E-state index is 0.315. The molecule has 0 saturated heterocycles. The lowest BCUT2D eigenvalue weighted by Gasteiger charge is -2.18. The van der Waals surface area contributed by atoms with Gasteiger partial charge in [-0.3, -0.25) is 4.79 Å². The Bertz CT molecular complexity index is 695. The Kier molecular flexibility index (Phi) is 3.61. The summed E-state index contributed by atoms with van der Waals surface area (Å²) in [5.41, 5.74) is 1.49. The standard InChI is InChI=1S/C15H16ClNO3/c1-15(2,3)13-11(12(18)14(19)20-4)9-7-8(16)5-6-10(9)17-13/h5-7,17H,1-4H3. The Morgan fingerprint density at radius 2 is 1.90 bits per heavy atom. The lowest BCUT2D eigenvalue weighted by molar-refractivity contribution is -0.135. The van der Waals surface area contributed by atoms with Crippen molar-refractivity contribution in [1.82, 2.24) is 4.98 Å². The number of hydrogen-bond acceptors (Lipinski definition) is 3. The van der Waals surface area contributed by atoms with Gasteiger partial charge in [0.2, 0.25) is 0 Å². The van der Waals surface area contributed by atoms with Crippen LogP contribution >= 0.6 is 11.6 Å². The Morgan fingerprint density at radius 1 is 1.25 bits per heavy atom. The van der Waals surface area contributed by atoms with Crippen molar-refractivity contribution in [3.05, 3.63) is 34.5 Å². The highest BCUT2D eigenvalue weighted by Gasteiger charge is 2.30. The van der Waals surface area contributed by atoms with Crippen molar-refractivity contribution in [3.63, 3.8) is 0 Å². The molecule has 0 saturated carbocycles. The van der Waals surface area contributed by atoms with E-state index >= 15 is 0 Å². The molecule has 5 heteroatoms. The second-order valence-electron chi connectivity index (χ2n) is 5.64. The summed E-state index contributed by atoms with van der Waals surface area (Å²) in [5.74, 6) is -1.54. The molecule has 1 heterocycles. The summed E-state index contributed by atoms with van der Waals surface area (Å²) >= 11 is 5.99. The summed E-state index contributed by atoms with van der Waals surface area (Å²) in [6, 6.07) is 5.21. The number of benzene rings is 1. The van der Waals surface area contributed by atoms with E-state index in [0.717, 1.165) is 5.52 Å². The summed E-state index contributed by atoms with van der Waals surface area (Å²) in [7, 11) is 1.19. The van der Waals surface area contributed by atoms with Crippen LogP contribution in [-0.4, -0.2) is 23.8 Å². The average molecular weight is 294 g/mol. The van der Waals surface area contributed by atoms with Crippen molar-refractivity contribution in [2.24, 2.45) is 0 Å². The number of nitrogens with one attached hydrogen (secondary N) is 1. The second-order valence-corrected chi connectivity index (χ2v) is 6.07. The van der Waals surface area contributed by atoms with E-state index in [1.54, 1.807) is 18.2 Å². The average Bonchev–Trinajstić information content (AvgIpc) is 2.75. The van der Waals surface area contributed by atoms with Crippen molar-refractivity contribution in [2.75, 3.05) is 7.11 Å².